The van der Waals surface area contributed by atoms with E-state index in [1.54, 1.807) is 4.40 Å². The van der Waals surface area contributed by atoms with Crippen molar-refractivity contribution in [1.82, 2.24) is 29.5 Å². The zero-order valence-electron chi connectivity index (χ0n) is 18.2. The first kappa shape index (κ1) is 21.7. The lowest BCUT2D eigenvalue weighted by Crippen LogP contribution is -2.40. The van der Waals surface area contributed by atoms with Crippen molar-refractivity contribution in [1.29, 1.82) is 0 Å². The number of aryl methyl sites for hydroxylation is 1. The van der Waals surface area contributed by atoms with Gasteiger partial charge in [-0.2, -0.15) is 5.10 Å². The summed E-state index contributed by atoms with van der Waals surface area (Å²) >= 11 is 0. The summed E-state index contributed by atoms with van der Waals surface area (Å²) < 4.78 is 3.51. The number of nitrogens with one attached hydrogen (secondary N) is 1. The molecule has 0 unspecified atom stereocenters. The van der Waals surface area contributed by atoms with Crippen LogP contribution in [-0.2, 0) is 0 Å². The molecule has 3 N–H and O–H groups in total. The first-order valence-electron chi connectivity index (χ1n) is 10.4. The van der Waals surface area contributed by atoms with Crippen LogP contribution in [0.1, 0.15) is 41.5 Å². The van der Waals surface area contributed by atoms with Crippen molar-refractivity contribution in [2.75, 3.05) is 13.2 Å². The van der Waals surface area contributed by atoms with Crippen LogP contribution in [0.25, 0.3) is 22.7 Å². The molecule has 4 aromatic rings. The van der Waals surface area contributed by atoms with Crippen molar-refractivity contribution in [3.8, 4) is 17.1 Å². The van der Waals surface area contributed by atoms with E-state index in [0.29, 0.717) is 17.2 Å². The molecule has 0 radical (unpaired) electrons. The Bertz CT molecular complexity index is 1260. The van der Waals surface area contributed by atoms with Gasteiger partial charge in [0.15, 0.2) is 5.82 Å². The van der Waals surface area contributed by atoms with Crippen LogP contribution < -0.4 is 5.32 Å². The molecular weight excluding hydrogens is 408 g/mol. The third-order valence-electron chi connectivity index (χ3n) is 5.30. The monoisotopic (exact) mass is 434 g/mol. The zero-order valence-corrected chi connectivity index (χ0v) is 18.2. The molecule has 0 bridgehead atoms. The normalized spacial score (nSPS) is 11.6. The quantitative estimate of drug-likeness (QED) is 0.410. The average molecular weight is 435 g/mol. The fourth-order valence-electron chi connectivity index (χ4n) is 3.59. The van der Waals surface area contributed by atoms with Crippen LogP contribution in [0.15, 0.2) is 48.9 Å². The summed E-state index contributed by atoms with van der Waals surface area (Å²) in [6.07, 6.45) is 5.17. The van der Waals surface area contributed by atoms with Gasteiger partial charge in [-0.25, -0.2) is 14.6 Å². The van der Waals surface area contributed by atoms with Gasteiger partial charge >= 0.3 is 0 Å². The number of carbonyl (C=O) groups excluding carboxylic acids is 1. The highest BCUT2D eigenvalue weighted by Crippen LogP contribution is 2.31. The van der Waals surface area contributed by atoms with E-state index in [1.807, 2.05) is 54.3 Å². The van der Waals surface area contributed by atoms with Crippen molar-refractivity contribution in [3.05, 3.63) is 65.9 Å². The van der Waals surface area contributed by atoms with Gasteiger partial charge in [-0.1, -0.05) is 19.9 Å². The summed E-state index contributed by atoms with van der Waals surface area (Å²) in [5, 5.41) is 25.8. The Balaban J connectivity index is 1.84. The number of imidazole rings is 1. The fraction of sp³-hybridized carbons (Fsp3) is 0.304. The second-order valence-corrected chi connectivity index (χ2v) is 7.98. The molecular formula is C23H26N6O3. The van der Waals surface area contributed by atoms with E-state index in [-0.39, 0.29) is 19.1 Å². The molecule has 9 heteroatoms. The predicted octanol–water partition coefficient (Wildman–Crippen LogP) is 2.10. The van der Waals surface area contributed by atoms with Gasteiger partial charge in [0, 0.05) is 23.0 Å². The molecule has 0 aliphatic heterocycles. The number of pyridine rings is 2. The first-order chi connectivity index (χ1) is 15.4. The lowest BCUT2D eigenvalue weighted by molar-refractivity contribution is 0.0873. The van der Waals surface area contributed by atoms with E-state index < -0.39 is 11.9 Å². The molecule has 0 atom stereocenters. The third kappa shape index (κ3) is 4.00. The van der Waals surface area contributed by atoms with E-state index in [9.17, 15) is 15.0 Å². The van der Waals surface area contributed by atoms with E-state index >= 15 is 0 Å². The fourth-order valence-corrected chi connectivity index (χ4v) is 3.59. The van der Waals surface area contributed by atoms with Crippen LogP contribution in [0, 0.1) is 6.92 Å². The highest BCUT2D eigenvalue weighted by Gasteiger charge is 2.20. The van der Waals surface area contributed by atoms with Gasteiger partial charge in [0.1, 0.15) is 11.3 Å². The largest absolute Gasteiger partial charge is 0.394 e. The average Bonchev–Trinajstić information content (AvgIpc) is 3.41. The maximum Gasteiger partial charge on any atom is 0.270 e. The summed E-state index contributed by atoms with van der Waals surface area (Å²) in [4.78, 5) is 21.7. The Kier molecular flexibility index (Phi) is 6.02. The summed E-state index contributed by atoms with van der Waals surface area (Å²) in [5.74, 6) is 0.504. The molecule has 0 saturated heterocycles. The molecule has 0 aliphatic carbocycles. The van der Waals surface area contributed by atoms with Gasteiger partial charge in [0.05, 0.1) is 37.3 Å². The van der Waals surface area contributed by atoms with Crippen molar-refractivity contribution < 1.29 is 15.0 Å². The minimum Gasteiger partial charge on any atom is -0.394 e. The molecule has 32 heavy (non-hydrogen) atoms. The summed E-state index contributed by atoms with van der Waals surface area (Å²) in [5.41, 5.74) is 4.60. The number of hydrogen-bond donors (Lipinski definition) is 3. The van der Waals surface area contributed by atoms with E-state index in [4.69, 9.17) is 0 Å². The highest BCUT2D eigenvalue weighted by molar-refractivity contribution is 5.93. The van der Waals surface area contributed by atoms with Crippen molar-refractivity contribution in [2.24, 2.45) is 0 Å². The number of aromatic nitrogens is 5. The molecule has 1 amide bonds. The number of hydrogen-bond acceptors (Lipinski definition) is 6. The Labute approximate surface area is 185 Å². The molecule has 0 saturated carbocycles. The Hall–Kier alpha value is -3.56. The molecule has 0 spiro atoms. The molecule has 4 rings (SSSR count). The predicted molar refractivity (Wildman–Crippen MR) is 120 cm³/mol. The second kappa shape index (κ2) is 8.89. The number of rotatable bonds is 7. The van der Waals surface area contributed by atoms with E-state index in [0.717, 1.165) is 22.5 Å². The van der Waals surface area contributed by atoms with Gasteiger partial charge in [-0.15, -0.1) is 0 Å². The Morgan fingerprint density at radius 3 is 2.59 bits per heavy atom. The van der Waals surface area contributed by atoms with Gasteiger partial charge in [0.25, 0.3) is 5.91 Å². The summed E-state index contributed by atoms with van der Waals surface area (Å²) in [6, 6.07) is 8.84. The van der Waals surface area contributed by atoms with Crippen LogP contribution in [0.5, 0.6) is 0 Å². The van der Waals surface area contributed by atoms with E-state index in [2.05, 4.69) is 34.2 Å². The summed E-state index contributed by atoms with van der Waals surface area (Å²) in [7, 11) is 0. The maximum absolute atomic E-state index is 12.7. The van der Waals surface area contributed by atoms with Gasteiger partial charge in [-0.05, 0) is 37.1 Å². The van der Waals surface area contributed by atoms with Crippen LogP contribution >= 0.6 is 0 Å². The van der Waals surface area contributed by atoms with Crippen molar-refractivity contribution in [3.63, 3.8) is 0 Å². The first-order valence-corrected chi connectivity index (χ1v) is 10.4. The van der Waals surface area contributed by atoms with Crippen molar-refractivity contribution >= 4 is 11.6 Å². The number of aliphatic hydroxyl groups excluding tert-OH is 2. The minimum absolute atomic E-state index is 0.222. The molecule has 9 nitrogen and oxygen atoms in total. The lowest BCUT2D eigenvalue weighted by Gasteiger charge is -2.14. The maximum atomic E-state index is 12.7. The minimum atomic E-state index is -0.738. The molecule has 166 valence electrons. The second-order valence-electron chi connectivity index (χ2n) is 7.98. The van der Waals surface area contributed by atoms with Crippen molar-refractivity contribution in [2.45, 2.75) is 32.7 Å². The number of amides is 1. The van der Waals surface area contributed by atoms with Crippen LogP contribution in [0.3, 0.4) is 0 Å². The molecule has 0 fully saturated rings. The Morgan fingerprint density at radius 2 is 1.91 bits per heavy atom. The molecule has 4 aromatic heterocycles. The van der Waals surface area contributed by atoms with Crippen LogP contribution in [0.4, 0.5) is 0 Å². The standard InChI is InChI=1S/C23H26N6O3/c1-14(2)18-9-25-29(21-6-4-5-15(3)26-21)22(18)16-7-8-20-24-10-19(28(20)11-16)23(32)27-17(12-30)13-31/h4-11,14,17,30-31H,12-13H2,1-3H3,(H,27,32). The number of aliphatic hydroxyl groups is 2. The lowest BCUT2D eigenvalue weighted by atomic mass is 10.0. The topological polar surface area (TPSA) is 118 Å². The molecule has 0 aliphatic rings. The van der Waals surface area contributed by atoms with Gasteiger partial charge in [-0.3, -0.25) is 9.20 Å². The molecule has 4 heterocycles. The number of fused-ring (bicyclic) bond motifs is 1. The molecule has 0 aromatic carbocycles. The number of nitrogens with zero attached hydrogens (tertiary/aromatic N) is 5. The summed E-state index contributed by atoms with van der Waals surface area (Å²) in [6.45, 7) is 5.43. The Morgan fingerprint density at radius 1 is 1.12 bits per heavy atom. The smallest absolute Gasteiger partial charge is 0.270 e. The van der Waals surface area contributed by atoms with Gasteiger partial charge in [0.2, 0.25) is 0 Å². The number of carbonyl (C=O) groups is 1. The van der Waals surface area contributed by atoms with Crippen LogP contribution in [0.2, 0.25) is 0 Å². The highest BCUT2D eigenvalue weighted by atomic mass is 16.3. The van der Waals surface area contributed by atoms with E-state index in [1.165, 1.54) is 6.20 Å². The third-order valence-corrected chi connectivity index (χ3v) is 5.30. The SMILES string of the molecule is Cc1cccc(-n2ncc(C(C)C)c2-c2ccc3ncc(C(=O)NC(CO)CO)n3c2)n1. The van der Waals surface area contributed by atoms with Crippen LogP contribution in [-0.4, -0.2) is 59.5 Å². The zero-order chi connectivity index (χ0) is 22.8. The van der Waals surface area contributed by atoms with Gasteiger partial charge < -0.3 is 15.5 Å².